The molecule has 86 valence electrons. The van der Waals surface area contributed by atoms with E-state index in [1.807, 2.05) is 14.0 Å². The minimum atomic E-state index is -4.31. The Balaban J connectivity index is 2.67. The number of aromatic nitrogens is 1. The van der Waals surface area contributed by atoms with Gasteiger partial charge in [0, 0.05) is 11.1 Å². The Kier molecular flexibility index (Phi) is 4.10. The van der Waals surface area contributed by atoms with E-state index in [9.17, 15) is 13.2 Å². The van der Waals surface area contributed by atoms with Crippen molar-refractivity contribution in [1.82, 2.24) is 10.3 Å². The van der Waals surface area contributed by atoms with Crippen LogP contribution in [0.25, 0.3) is 0 Å². The maximum Gasteiger partial charge on any atom is 0.443 e. The van der Waals surface area contributed by atoms with Gasteiger partial charge in [-0.15, -0.1) is 11.3 Å². The number of rotatable bonds is 4. The van der Waals surface area contributed by atoms with Gasteiger partial charge in [-0.25, -0.2) is 4.98 Å². The van der Waals surface area contributed by atoms with Gasteiger partial charge in [0.25, 0.3) is 0 Å². The molecule has 1 N–H and O–H groups in total. The zero-order valence-corrected chi connectivity index (χ0v) is 9.37. The Morgan fingerprint density at radius 1 is 1.53 bits per heavy atom. The van der Waals surface area contributed by atoms with Crippen LogP contribution < -0.4 is 5.32 Å². The van der Waals surface area contributed by atoms with Crippen LogP contribution in [-0.2, 0) is 6.18 Å². The van der Waals surface area contributed by atoms with E-state index >= 15 is 0 Å². The van der Waals surface area contributed by atoms with Crippen molar-refractivity contribution in [1.29, 1.82) is 0 Å². The molecular weight excluding hydrogens is 225 g/mol. The van der Waals surface area contributed by atoms with E-state index in [1.165, 1.54) is 6.20 Å². The Morgan fingerprint density at radius 2 is 2.20 bits per heavy atom. The van der Waals surface area contributed by atoms with Crippen LogP contribution in [0.2, 0.25) is 0 Å². The van der Waals surface area contributed by atoms with Crippen LogP contribution in [0.5, 0.6) is 0 Å². The summed E-state index contributed by atoms with van der Waals surface area (Å²) >= 11 is 0.734. The molecule has 1 atom stereocenters. The first-order chi connectivity index (χ1) is 6.95. The lowest BCUT2D eigenvalue weighted by Gasteiger charge is -2.07. The molecule has 0 aromatic carbocycles. The summed E-state index contributed by atoms with van der Waals surface area (Å²) < 4.78 is 36.8. The van der Waals surface area contributed by atoms with E-state index in [0.717, 1.165) is 24.3 Å². The van der Waals surface area contributed by atoms with Gasteiger partial charge in [0.2, 0.25) is 0 Å². The summed E-state index contributed by atoms with van der Waals surface area (Å²) in [5.41, 5.74) is 0. The first-order valence-corrected chi connectivity index (χ1v) is 5.44. The number of nitrogens with one attached hydrogen (secondary N) is 1. The molecule has 15 heavy (non-hydrogen) atoms. The molecule has 0 saturated heterocycles. The highest BCUT2D eigenvalue weighted by Gasteiger charge is 2.34. The van der Waals surface area contributed by atoms with Crippen molar-refractivity contribution in [3.05, 3.63) is 16.1 Å². The molecule has 0 amide bonds. The minimum Gasteiger partial charge on any atom is -0.320 e. The van der Waals surface area contributed by atoms with E-state index < -0.39 is 11.2 Å². The molecule has 0 saturated carbocycles. The fourth-order valence-corrected chi connectivity index (χ4v) is 2.02. The third-order valence-electron chi connectivity index (χ3n) is 2.08. The molecular formula is C9H13F3N2S. The van der Waals surface area contributed by atoms with Crippen LogP contribution in [0, 0.1) is 0 Å². The second-order valence-corrected chi connectivity index (χ2v) is 4.42. The number of thiazole rings is 1. The average molecular weight is 238 g/mol. The van der Waals surface area contributed by atoms with Gasteiger partial charge in [0.15, 0.2) is 5.01 Å². The number of hydrogen-bond donors (Lipinski definition) is 1. The van der Waals surface area contributed by atoms with Gasteiger partial charge in [-0.2, -0.15) is 13.2 Å². The van der Waals surface area contributed by atoms with Gasteiger partial charge in [0.1, 0.15) is 0 Å². The average Bonchev–Trinajstić information content (AvgIpc) is 2.62. The van der Waals surface area contributed by atoms with Crippen molar-refractivity contribution in [3.8, 4) is 0 Å². The van der Waals surface area contributed by atoms with Gasteiger partial charge in [0.05, 0.1) is 0 Å². The van der Waals surface area contributed by atoms with Crippen LogP contribution in [0.4, 0.5) is 13.2 Å². The fraction of sp³-hybridized carbons (Fsp3) is 0.667. The zero-order chi connectivity index (χ0) is 11.5. The summed E-state index contributed by atoms with van der Waals surface area (Å²) in [5.74, 6) is 0.117. The van der Waals surface area contributed by atoms with E-state index in [4.69, 9.17) is 0 Å². The monoisotopic (exact) mass is 238 g/mol. The summed E-state index contributed by atoms with van der Waals surface area (Å²) in [6, 6.07) is 0. The highest BCUT2D eigenvalue weighted by atomic mass is 32.1. The van der Waals surface area contributed by atoms with E-state index in [2.05, 4.69) is 10.3 Å². The Bertz CT molecular complexity index is 309. The van der Waals surface area contributed by atoms with Crippen LogP contribution in [-0.4, -0.2) is 18.6 Å². The maximum atomic E-state index is 12.3. The third kappa shape index (κ3) is 3.46. The van der Waals surface area contributed by atoms with Gasteiger partial charge in [-0.1, -0.05) is 6.92 Å². The molecule has 1 aromatic rings. The highest BCUT2D eigenvalue weighted by Crippen LogP contribution is 2.35. The molecule has 0 aliphatic rings. The molecule has 0 aliphatic heterocycles. The van der Waals surface area contributed by atoms with Gasteiger partial charge < -0.3 is 5.32 Å². The van der Waals surface area contributed by atoms with Crippen molar-refractivity contribution in [2.75, 3.05) is 13.6 Å². The number of nitrogens with zero attached hydrogens (tertiary/aromatic N) is 1. The van der Waals surface area contributed by atoms with Crippen molar-refractivity contribution >= 4 is 11.3 Å². The van der Waals surface area contributed by atoms with Gasteiger partial charge in [-0.3, -0.25) is 0 Å². The largest absolute Gasteiger partial charge is 0.443 e. The van der Waals surface area contributed by atoms with Gasteiger partial charge in [-0.05, 0) is 25.9 Å². The molecule has 0 aliphatic carbocycles. The molecule has 1 aromatic heterocycles. The molecule has 0 bridgehead atoms. The topological polar surface area (TPSA) is 24.9 Å². The Hall–Kier alpha value is -0.620. The van der Waals surface area contributed by atoms with Crippen molar-refractivity contribution < 1.29 is 13.2 Å². The smallest absolute Gasteiger partial charge is 0.320 e. The number of halogens is 3. The minimum absolute atomic E-state index is 0.117. The third-order valence-corrected chi connectivity index (χ3v) is 3.35. The SMILES string of the molecule is CNCCC(C)c1cnc(C(F)(F)F)s1. The van der Waals surface area contributed by atoms with Crippen molar-refractivity contribution in [3.63, 3.8) is 0 Å². The van der Waals surface area contributed by atoms with E-state index in [1.54, 1.807) is 0 Å². The zero-order valence-electron chi connectivity index (χ0n) is 8.56. The molecule has 0 fully saturated rings. The van der Waals surface area contributed by atoms with Crippen LogP contribution in [0.1, 0.15) is 29.1 Å². The standard InChI is InChI=1S/C9H13F3N2S/c1-6(3-4-13-2)7-5-14-8(15-7)9(10,11)12/h5-6,13H,3-4H2,1-2H3. The lowest BCUT2D eigenvalue weighted by Crippen LogP contribution is -2.10. The van der Waals surface area contributed by atoms with Crippen LogP contribution in [0.3, 0.4) is 0 Å². The highest BCUT2D eigenvalue weighted by molar-refractivity contribution is 7.11. The molecule has 1 rings (SSSR count). The predicted molar refractivity (Wildman–Crippen MR) is 54.1 cm³/mol. The molecule has 1 heterocycles. The lowest BCUT2D eigenvalue weighted by molar-refractivity contribution is -0.137. The van der Waals surface area contributed by atoms with Crippen LogP contribution in [0.15, 0.2) is 6.20 Å². The van der Waals surface area contributed by atoms with E-state index in [-0.39, 0.29) is 5.92 Å². The predicted octanol–water partition coefficient (Wildman–Crippen LogP) is 2.87. The fourth-order valence-electron chi connectivity index (χ4n) is 1.15. The summed E-state index contributed by atoms with van der Waals surface area (Å²) in [5, 5.41) is 2.21. The van der Waals surface area contributed by atoms with Crippen LogP contribution >= 0.6 is 11.3 Å². The Morgan fingerprint density at radius 3 is 2.67 bits per heavy atom. The quantitative estimate of drug-likeness (QED) is 0.872. The summed E-state index contributed by atoms with van der Waals surface area (Å²) in [4.78, 5) is 4.08. The molecule has 0 spiro atoms. The van der Waals surface area contributed by atoms with Gasteiger partial charge >= 0.3 is 6.18 Å². The first kappa shape index (κ1) is 12.4. The molecule has 0 radical (unpaired) electrons. The normalized spacial score (nSPS) is 14.2. The van der Waals surface area contributed by atoms with Crippen molar-refractivity contribution in [2.45, 2.75) is 25.4 Å². The lowest BCUT2D eigenvalue weighted by atomic mass is 10.1. The number of hydrogen-bond acceptors (Lipinski definition) is 3. The first-order valence-electron chi connectivity index (χ1n) is 4.62. The summed E-state index contributed by atoms with van der Waals surface area (Å²) in [6.45, 7) is 2.70. The molecule has 1 unspecified atom stereocenters. The summed E-state index contributed by atoms with van der Waals surface area (Å²) in [6.07, 6.45) is -2.17. The van der Waals surface area contributed by atoms with E-state index in [0.29, 0.717) is 4.88 Å². The van der Waals surface area contributed by atoms with Crippen molar-refractivity contribution in [2.24, 2.45) is 0 Å². The molecule has 2 nitrogen and oxygen atoms in total. The Labute approximate surface area is 90.5 Å². The number of alkyl halides is 3. The molecule has 6 heteroatoms. The maximum absolute atomic E-state index is 12.3. The second kappa shape index (κ2) is 4.94. The second-order valence-electron chi connectivity index (χ2n) is 3.36. The summed E-state index contributed by atoms with van der Waals surface area (Å²) in [7, 11) is 1.82.